The number of aliphatic hydroxyl groups is 2. The number of aliphatic carboxylic acids is 1. The number of piperidine rings is 1. The molecule has 2 aliphatic carbocycles. The van der Waals surface area contributed by atoms with Gasteiger partial charge in [-0.05, 0) is 62.2 Å². The Hall–Kier alpha value is -0.910. The summed E-state index contributed by atoms with van der Waals surface area (Å²) in [5.74, 6) is 0.487. The molecule has 4 fully saturated rings. The normalized spacial score (nSPS) is 45.2. The van der Waals surface area contributed by atoms with Crippen LogP contribution in [0.4, 0.5) is 0 Å². The molecule has 2 heterocycles. The molecule has 0 aromatic rings. The maximum absolute atomic E-state index is 12.9. The second-order valence-corrected chi connectivity index (χ2v) is 9.71. The lowest BCUT2D eigenvalue weighted by molar-refractivity contribution is -0.182. The summed E-state index contributed by atoms with van der Waals surface area (Å²) in [6, 6.07) is 0.473. The zero-order chi connectivity index (χ0) is 19.3. The molecule has 0 amide bonds. The van der Waals surface area contributed by atoms with Crippen LogP contribution in [0.1, 0.15) is 58.8 Å². The molecule has 0 aromatic carbocycles. The number of carboxylic acid groups (broad SMARTS) is 1. The fourth-order valence-electron chi connectivity index (χ4n) is 7.21. The lowest BCUT2D eigenvalue weighted by Gasteiger charge is -2.59. The third-order valence-corrected chi connectivity index (χ3v) is 8.35. The monoisotopic (exact) mass is 377 g/mol. The van der Waals surface area contributed by atoms with Gasteiger partial charge in [-0.3, -0.25) is 9.69 Å². The van der Waals surface area contributed by atoms with Crippen molar-refractivity contribution >= 4 is 5.97 Å². The second kappa shape index (κ2) is 7.16. The van der Waals surface area contributed by atoms with Crippen LogP contribution >= 0.6 is 0 Å². The average molecular weight is 378 g/mol. The first-order valence-corrected chi connectivity index (χ1v) is 10.9. The van der Waals surface area contributed by atoms with Crippen molar-refractivity contribution in [3.63, 3.8) is 0 Å². The molecule has 0 aromatic heterocycles. The third kappa shape index (κ3) is 2.72. The van der Waals surface area contributed by atoms with Crippen molar-refractivity contribution in [1.29, 1.82) is 0 Å². The molecule has 152 valence electrons. The summed E-state index contributed by atoms with van der Waals surface area (Å²) in [6.07, 6.45) is 10.2. The van der Waals surface area contributed by atoms with E-state index >= 15 is 0 Å². The highest BCUT2D eigenvalue weighted by molar-refractivity contribution is 5.80. The summed E-state index contributed by atoms with van der Waals surface area (Å²) < 4.78 is 0. The van der Waals surface area contributed by atoms with Gasteiger partial charge in [0.15, 0.2) is 0 Å². The maximum Gasteiger partial charge on any atom is 0.324 e. The molecule has 0 spiro atoms. The molecule has 27 heavy (non-hydrogen) atoms. The molecule has 4 rings (SSSR count). The Balaban J connectivity index is 1.75. The van der Waals surface area contributed by atoms with E-state index < -0.39 is 17.6 Å². The highest BCUT2D eigenvalue weighted by Gasteiger charge is 2.67. The van der Waals surface area contributed by atoms with Crippen LogP contribution in [0.5, 0.6) is 0 Å². The minimum absolute atomic E-state index is 0.00961. The molecule has 3 unspecified atom stereocenters. The molecule has 0 radical (unpaired) electrons. The van der Waals surface area contributed by atoms with Gasteiger partial charge in [-0.2, -0.15) is 0 Å². The first-order chi connectivity index (χ1) is 12.9. The van der Waals surface area contributed by atoms with E-state index in [1.807, 2.05) is 6.08 Å². The lowest BCUT2D eigenvalue weighted by atomic mass is 9.58. The molecule has 0 bridgehead atoms. The van der Waals surface area contributed by atoms with Crippen LogP contribution in [0.2, 0.25) is 0 Å². The Labute approximate surface area is 162 Å². The van der Waals surface area contributed by atoms with Crippen LogP contribution in [0.3, 0.4) is 0 Å². The predicted octanol–water partition coefficient (Wildman–Crippen LogP) is 2.66. The van der Waals surface area contributed by atoms with E-state index in [1.165, 1.54) is 0 Å². The SMILES string of the molecule is CC(C)C1CCC2C[C@@H]3[C@@H](C=CCO)[C@H](O)C[C@H]3N2C1(C(=O)O)C1CCC1. The topological polar surface area (TPSA) is 81.0 Å². The number of fused-ring (bicyclic) bond motifs is 3. The Morgan fingerprint density at radius 2 is 1.96 bits per heavy atom. The standard InChI is InChI=1S/C22H35NO4/c1-13(2)18-9-8-15-11-17-16(7-4-10-24)20(25)12-19(17)23(15)22(18,21(26)27)14-5-3-6-14/h4,7,13-20,24-25H,3,5-6,8-12H2,1-2H3,(H,26,27)/t15?,16-,17-,18?,19-,20-,22?/m1/s1. The number of rotatable bonds is 5. The van der Waals surface area contributed by atoms with E-state index in [1.54, 1.807) is 6.08 Å². The molecule has 5 heteroatoms. The van der Waals surface area contributed by atoms with Gasteiger partial charge in [-0.25, -0.2) is 0 Å². The molecule has 4 aliphatic rings. The second-order valence-electron chi connectivity index (χ2n) is 9.71. The van der Waals surface area contributed by atoms with Gasteiger partial charge in [0.05, 0.1) is 12.7 Å². The number of aliphatic hydroxyl groups excluding tert-OH is 2. The van der Waals surface area contributed by atoms with Gasteiger partial charge in [0.2, 0.25) is 0 Å². The van der Waals surface area contributed by atoms with Crippen LogP contribution in [-0.4, -0.2) is 56.5 Å². The van der Waals surface area contributed by atoms with E-state index in [9.17, 15) is 15.0 Å². The van der Waals surface area contributed by atoms with Crippen LogP contribution in [0.15, 0.2) is 12.2 Å². The van der Waals surface area contributed by atoms with Crippen LogP contribution < -0.4 is 0 Å². The number of carboxylic acids is 1. The summed E-state index contributed by atoms with van der Waals surface area (Å²) in [5, 5.41) is 30.5. The first kappa shape index (κ1) is 19.4. The molecule has 2 aliphatic heterocycles. The zero-order valence-electron chi connectivity index (χ0n) is 16.6. The Morgan fingerprint density at radius 1 is 1.22 bits per heavy atom. The van der Waals surface area contributed by atoms with Crippen molar-refractivity contribution in [2.75, 3.05) is 6.61 Å². The molecule has 5 nitrogen and oxygen atoms in total. The minimum Gasteiger partial charge on any atom is -0.480 e. The van der Waals surface area contributed by atoms with Crippen LogP contribution in [0.25, 0.3) is 0 Å². The highest BCUT2D eigenvalue weighted by Crippen LogP contribution is 2.59. The Morgan fingerprint density at radius 3 is 2.52 bits per heavy atom. The summed E-state index contributed by atoms with van der Waals surface area (Å²) >= 11 is 0. The molecular formula is C22H35NO4. The van der Waals surface area contributed by atoms with Crippen LogP contribution in [0, 0.1) is 29.6 Å². The highest BCUT2D eigenvalue weighted by atomic mass is 16.4. The van der Waals surface area contributed by atoms with Gasteiger partial charge in [0.1, 0.15) is 5.54 Å². The van der Waals surface area contributed by atoms with Gasteiger partial charge in [-0.15, -0.1) is 0 Å². The van der Waals surface area contributed by atoms with E-state index in [0.717, 1.165) is 38.5 Å². The van der Waals surface area contributed by atoms with Gasteiger partial charge >= 0.3 is 5.97 Å². The molecule has 7 atom stereocenters. The summed E-state index contributed by atoms with van der Waals surface area (Å²) in [7, 11) is 0. The molecule has 3 N–H and O–H groups in total. The largest absolute Gasteiger partial charge is 0.480 e. The summed E-state index contributed by atoms with van der Waals surface area (Å²) in [6.45, 7) is 4.36. The predicted molar refractivity (Wildman–Crippen MR) is 103 cm³/mol. The van der Waals surface area contributed by atoms with E-state index in [-0.39, 0.29) is 30.4 Å². The molecule has 2 saturated heterocycles. The van der Waals surface area contributed by atoms with Gasteiger partial charge in [-0.1, -0.05) is 32.4 Å². The van der Waals surface area contributed by atoms with Crippen molar-refractivity contribution in [2.45, 2.75) is 82.5 Å². The van der Waals surface area contributed by atoms with E-state index in [0.29, 0.717) is 24.3 Å². The fourth-order valence-corrected chi connectivity index (χ4v) is 7.21. The van der Waals surface area contributed by atoms with Crippen molar-refractivity contribution < 1.29 is 20.1 Å². The third-order valence-electron chi connectivity index (χ3n) is 8.35. The minimum atomic E-state index is -0.760. The Kier molecular flexibility index (Phi) is 5.15. The van der Waals surface area contributed by atoms with Gasteiger partial charge < -0.3 is 15.3 Å². The Bertz CT molecular complexity index is 601. The summed E-state index contributed by atoms with van der Waals surface area (Å²) in [5.41, 5.74) is -0.760. The zero-order valence-corrected chi connectivity index (χ0v) is 16.6. The van der Waals surface area contributed by atoms with E-state index in [2.05, 4.69) is 18.7 Å². The van der Waals surface area contributed by atoms with Crippen LogP contribution in [-0.2, 0) is 4.79 Å². The van der Waals surface area contributed by atoms with Gasteiger partial charge in [0, 0.05) is 18.0 Å². The molecule has 2 saturated carbocycles. The number of nitrogens with zero attached hydrogens (tertiary/aromatic N) is 1. The number of carbonyl (C=O) groups is 1. The van der Waals surface area contributed by atoms with Gasteiger partial charge in [0.25, 0.3) is 0 Å². The average Bonchev–Trinajstić information content (AvgIpc) is 3.05. The fraction of sp³-hybridized carbons (Fsp3) is 0.864. The smallest absolute Gasteiger partial charge is 0.324 e. The number of hydrogen-bond donors (Lipinski definition) is 3. The number of hydrogen-bond acceptors (Lipinski definition) is 4. The first-order valence-electron chi connectivity index (χ1n) is 10.9. The quantitative estimate of drug-likeness (QED) is 0.642. The van der Waals surface area contributed by atoms with Crippen molar-refractivity contribution in [3.8, 4) is 0 Å². The van der Waals surface area contributed by atoms with E-state index in [4.69, 9.17) is 5.11 Å². The summed E-state index contributed by atoms with van der Waals surface area (Å²) in [4.78, 5) is 15.4. The molecular weight excluding hydrogens is 342 g/mol. The maximum atomic E-state index is 12.9. The van der Waals surface area contributed by atoms with Crippen molar-refractivity contribution in [2.24, 2.45) is 29.6 Å². The lowest BCUT2D eigenvalue weighted by Crippen LogP contribution is -2.71. The van der Waals surface area contributed by atoms with Crippen molar-refractivity contribution in [3.05, 3.63) is 12.2 Å². The van der Waals surface area contributed by atoms with Crippen molar-refractivity contribution in [1.82, 2.24) is 4.90 Å².